The molecule has 0 saturated heterocycles. The third-order valence-corrected chi connectivity index (χ3v) is 2.02. The molecule has 4 heteroatoms. The number of rotatable bonds is 4. The number of nitrogens with two attached hydrogens (primary N) is 1. The minimum atomic E-state index is 0.231. The zero-order valence-corrected chi connectivity index (χ0v) is 8.99. The molecule has 1 unspecified atom stereocenters. The van der Waals surface area contributed by atoms with Crippen molar-refractivity contribution < 1.29 is 0 Å². The van der Waals surface area contributed by atoms with E-state index in [-0.39, 0.29) is 6.04 Å². The van der Waals surface area contributed by atoms with Gasteiger partial charge in [-0.15, -0.1) is 5.10 Å². The van der Waals surface area contributed by atoms with Crippen LogP contribution in [0.2, 0.25) is 0 Å². The smallest absolute Gasteiger partial charge is 0.148 e. The molecule has 0 aliphatic rings. The van der Waals surface area contributed by atoms with Gasteiger partial charge in [0.05, 0.1) is 5.69 Å². The van der Waals surface area contributed by atoms with Crippen LogP contribution >= 0.6 is 0 Å². The quantitative estimate of drug-likeness (QED) is 0.759. The van der Waals surface area contributed by atoms with Crippen LogP contribution in [0.5, 0.6) is 0 Å². The first kappa shape index (κ1) is 10.9. The summed E-state index contributed by atoms with van der Waals surface area (Å²) in [6.07, 6.45) is 0. The van der Waals surface area contributed by atoms with E-state index < -0.39 is 0 Å². The molecule has 1 aromatic heterocycles. The Morgan fingerprint density at radius 3 is 2.43 bits per heavy atom. The molecule has 1 heterocycles. The van der Waals surface area contributed by atoms with E-state index in [4.69, 9.17) is 5.73 Å². The molecule has 0 radical (unpaired) electrons. The van der Waals surface area contributed by atoms with E-state index in [0.29, 0.717) is 12.5 Å². The Balaban J connectivity index is 2.64. The minimum Gasteiger partial charge on any atom is -0.365 e. The summed E-state index contributed by atoms with van der Waals surface area (Å²) in [5.74, 6) is 1.20. The Morgan fingerprint density at radius 2 is 2.00 bits per heavy atom. The van der Waals surface area contributed by atoms with E-state index in [1.807, 2.05) is 19.1 Å². The molecular formula is C10H18N4. The lowest BCUT2D eigenvalue weighted by atomic mass is 10.1. The van der Waals surface area contributed by atoms with E-state index >= 15 is 0 Å². The van der Waals surface area contributed by atoms with E-state index in [1.54, 1.807) is 0 Å². The number of nitrogens with zero attached hydrogens (tertiary/aromatic N) is 2. The normalized spacial score (nSPS) is 12.9. The fraction of sp³-hybridized carbons (Fsp3) is 0.600. The lowest BCUT2D eigenvalue weighted by molar-refractivity contribution is 0.765. The molecular weight excluding hydrogens is 176 g/mol. The summed E-state index contributed by atoms with van der Waals surface area (Å²) < 4.78 is 0. The molecule has 0 saturated carbocycles. The van der Waals surface area contributed by atoms with E-state index in [9.17, 15) is 0 Å². The van der Waals surface area contributed by atoms with Crippen LogP contribution in [0.15, 0.2) is 12.1 Å². The molecule has 1 atom stereocenters. The van der Waals surface area contributed by atoms with Crippen molar-refractivity contribution in [2.45, 2.75) is 32.7 Å². The van der Waals surface area contributed by atoms with Crippen LogP contribution in [0.4, 0.5) is 5.82 Å². The average Bonchev–Trinajstić information content (AvgIpc) is 2.18. The van der Waals surface area contributed by atoms with Gasteiger partial charge in [0.1, 0.15) is 5.82 Å². The van der Waals surface area contributed by atoms with Crippen molar-refractivity contribution in [3.05, 3.63) is 17.8 Å². The maximum absolute atomic E-state index is 5.49. The van der Waals surface area contributed by atoms with Crippen LogP contribution in [0.1, 0.15) is 32.4 Å². The Labute approximate surface area is 84.9 Å². The van der Waals surface area contributed by atoms with Crippen molar-refractivity contribution in [3.8, 4) is 0 Å². The summed E-state index contributed by atoms with van der Waals surface area (Å²) in [5, 5.41) is 11.3. The summed E-state index contributed by atoms with van der Waals surface area (Å²) in [5.41, 5.74) is 6.50. The standard InChI is InChI=1S/C10H18N4/c1-7(2)9-4-5-10(14-13-9)12-8(3)6-11/h4-5,7-8H,6,11H2,1-3H3,(H,12,14). The Morgan fingerprint density at radius 1 is 1.29 bits per heavy atom. The molecule has 0 fully saturated rings. The molecule has 0 amide bonds. The first-order chi connectivity index (χ1) is 6.63. The van der Waals surface area contributed by atoms with Gasteiger partial charge in [-0.2, -0.15) is 5.10 Å². The number of hydrogen-bond acceptors (Lipinski definition) is 4. The maximum Gasteiger partial charge on any atom is 0.148 e. The van der Waals surface area contributed by atoms with Crippen molar-refractivity contribution in [1.82, 2.24) is 10.2 Å². The lowest BCUT2D eigenvalue weighted by Crippen LogP contribution is -2.25. The largest absolute Gasteiger partial charge is 0.365 e. The SMILES string of the molecule is CC(CN)Nc1ccc(C(C)C)nn1. The van der Waals surface area contributed by atoms with Gasteiger partial charge in [0.15, 0.2) is 0 Å². The van der Waals surface area contributed by atoms with Crippen molar-refractivity contribution >= 4 is 5.82 Å². The number of aromatic nitrogens is 2. The highest BCUT2D eigenvalue weighted by atomic mass is 15.2. The van der Waals surface area contributed by atoms with Gasteiger partial charge in [0.25, 0.3) is 0 Å². The van der Waals surface area contributed by atoms with Gasteiger partial charge in [-0.3, -0.25) is 0 Å². The van der Waals surface area contributed by atoms with E-state index in [0.717, 1.165) is 11.5 Å². The highest BCUT2D eigenvalue weighted by Gasteiger charge is 2.03. The first-order valence-electron chi connectivity index (χ1n) is 4.93. The Bertz CT molecular complexity index is 268. The van der Waals surface area contributed by atoms with Crippen molar-refractivity contribution in [3.63, 3.8) is 0 Å². The van der Waals surface area contributed by atoms with Crippen LogP contribution in [-0.2, 0) is 0 Å². The molecule has 0 aliphatic heterocycles. The third kappa shape index (κ3) is 2.96. The van der Waals surface area contributed by atoms with Gasteiger partial charge in [-0.05, 0) is 25.0 Å². The monoisotopic (exact) mass is 194 g/mol. The molecule has 0 aromatic carbocycles. The Hall–Kier alpha value is -1.16. The second kappa shape index (κ2) is 4.91. The number of nitrogens with one attached hydrogen (secondary N) is 1. The summed E-state index contributed by atoms with van der Waals surface area (Å²) >= 11 is 0. The maximum atomic E-state index is 5.49. The van der Waals surface area contributed by atoms with Crippen LogP contribution in [0, 0.1) is 0 Å². The van der Waals surface area contributed by atoms with Gasteiger partial charge in [0, 0.05) is 12.6 Å². The van der Waals surface area contributed by atoms with Gasteiger partial charge in [-0.25, -0.2) is 0 Å². The zero-order valence-electron chi connectivity index (χ0n) is 8.99. The highest BCUT2D eigenvalue weighted by molar-refractivity contribution is 5.34. The molecule has 0 spiro atoms. The first-order valence-corrected chi connectivity index (χ1v) is 4.93. The van der Waals surface area contributed by atoms with Crippen molar-refractivity contribution in [1.29, 1.82) is 0 Å². The fourth-order valence-corrected chi connectivity index (χ4v) is 1.04. The highest BCUT2D eigenvalue weighted by Crippen LogP contribution is 2.11. The summed E-state index contributed by atoms with van der Waals surface area (Å²) in [4.78, 5) is 0. The molecule has 3 N–H and O–H groups in total. The number of anilines is 1. The summed E-state index contributed by atoms with van der Waals surface area (Å²) in [6, 6.07) is 4.16. The van der Waals surface area contributed by atoms with Crippen molar-refractivity contribution in [2.75, 3.05) is 11.9 Å². The molecule has 78 valence electrons. The lowest BCUT2D eigenvalue weighted by Gasteiger charge is -2.11. The number of hydrogen-bond donors (Lipinski definition) is 2. The average molecular weight is 194 g/mol. The van der Waals surface area contributed by atoms with Crippen LogP contribution in [-0.4, -0.2) is 22.8 Å². The topological polar surface area (TPSA) is 63.8 Å². The second-order valence-electron chi connectivity index (χ2n) is 3.78. The summed E-state index contributed by atoms with van der Waals surface area (Å²) in [6.45, 7) is 6.80. The van der Waals surface area contributed by atoms with Gasteiger partial charge >= 0.3 is 0 Å². The zero-order chi connectivity index (χ0) is 10.6. The fourth-order valence-electron chi connectivity index (χ4n) is 1.04. The van der Waals surface area contributed by atoms with Crippen LogP contribution in [0.25, 0.3) is 0 Å². The van der Waals surface area contributed by atoms with E-state index in [1.165, 1.54) is 0 Å². The van der Waals surface area contributed by atoms with Crippen LogP contribution < -0.4 is 11.1 Å². The van der Waals surface area contributed by atoms with Gasteiger partial charge < -0.3 is 11.1 Å². The van der Waals surface area contributed by atoms with Crippen LogP contribution in [0.3, 0.4) is 0 Å². The van der Waals surface area contributed by atoms with Crippen molar-refractivity contribution in [2.24, 2.45) is 5.73 Å². The molecule has 0 aliphatic carbocycles. The summed E-state index contributed by atoms with van der Waals surface area (Å²) in [7, 11) is 0. The Kier molecular flexibility index (Phi) is 3.83. The molecule has 0 bridgehead atoms. The van der Waals surface area contributed by atoms with Gasteiger partial charge in [0.2, 0.25) is 0 Å². The second-order valence-corrected chi connectivity index (χ2v) is 3.78. The molecule has 1 aromatic rings. The predicted octanol–water partition coefficient (Wildman–Crippen LogP) is 1.36. The molecule has 14 heavy (non-hydrogen) atoms. The molecule has 1 rings (SSSR count). The molecule has 4 nitrogen and oxygen atoms in total. The van der Waals surface area contributed by atoms with Gasteiger partial charge in [-0.1, -0.05) is 13.8 Å². The predicted molar refractivity (Wildman–Crippen MR) is 58.3 cm³/mol. The minimum absolute atomic E-state index is 0.231. The third-order valence-electron chi connectivity index (χ3n) is 2.02. The van der Waals surface area contributed by atoms with E-state index in [2.05, 4.69) is 29.4 Å².